The van der Waals surface area contributed by atoms with Crippen molar-refractivity contribution < 1.29 is 40.8 Å². The monoisotopic (exact) mass is 571 g/mol. The van der Waals surface area contributed by atoms with Crippen molar-refractivity contribution in [3.8, 4) is 0 Å². The number of nitro groups is 1. The van der Waals surface area contributed by atoms with Gasteiger partial charge in [-0.25, -0.2) is 13.2 Å². The Labute approximate surface area is 218 Å². The summed E-state index contributed by atoms with van der Waals surface area (Å²) in [5, 5.41) is 13.2. The lowest BCUT2D eigenvalue weighted by atomic mass is 10.2. The largest absolute Gasteiger partial charge is 0.449 e. The van der Waals surface area contributed by atoms with Gasteiger partial charge < -0.3 is 10.1 Å². The molecule has 2 N–H and O–H groups in total. The number of non-ortho nitro benzene ring substituents is 1. The van der Waals surface area contributed by atoms with Gasteiger partial charge in [0.05, 0.1) is 31.7 Å². The Balaban J connectivity index is 1.66. The molecule has 10 nitrogen and oxygen atoms in total. The topological polar surface area (TPSA) is 145 Å². The van der Waals surface area contributed by atoms with Crippen LogP contribution in [0.5, 0.6) is 0 Å². The normalized spacial score (nSPS) is 12.3. The summed E-state index contributed by atoms with van der Waals surface area (Å²) in [6.07, 6.45) is -6.04. The summed E-state index contributed by atoms with van der Waals surface area (Å²) in [6.45, 7) is 1.23. The average Bonchev–Trinajstić information content (AvgIpc) is 2.84. The molecule has 0 saturated carbocycles. The number of ether oxygens (including phenoxy) is 1. The molecule has 0 bridgehead atoms. The zero-order chi connectivity index (χ0) is 28.3. The number of nitro benzene ring substituents is 1. The van der Waals surface area contributed by atoms with Crippen LogP contribution in [0.4, 0.5) is 30.2 Å². The number of benzene rings is 3. The third kappa shape index (κ3) is 6.98. The Hall–Kier alpha value is -4.17. The maximum absolute atomic E-state index is 12.9. The molecule has 0 heterocycles. The predicted octanol–water partition coefficient (Wildman–Crippen LogP) is 5.25. The van der Waals surface area contributed by atoms with Crippen molar-refractivity contribution in [1.29, 1.82) is 0 Å². The number of nitrogens with zero attached hydrogens (tertiary/aromatic N) is 1. The molecule has 38 heavy (non-hydrogen) atoms. The quantitative estimate of drug-likeness (QED) is 0.213. The van der Waals surface area contributed by atoms with Crippen LogP contribution in [-0.2, 0) is 25.7 Å². The first-order valence-electron chi connectivity index (χ1n) is 10.4. The summed E-state index contributed by atoms with van der Waals surface area (Å²) in [7, 11) is -4.30. The number of hydrogen-bond acceptors (Lipinski definition) is 7. The minimum atomic E-state index is -4.66. The SMILES string of the molecule is C[C@H](OC(=O)c1ccc(S(=O)(=O)Nc2cccc(C(F)(F)F)c2)cc1)C(=O)Nc1cc([N+](=O)[O-])ccc1Cl. The van der Waals surface area contributed by atoms with E-state index in [1.807, 2.05) is 4.72 Å². The summed E-state index contributed by atoms with van der Waals surface area (Å²) < 4.78 is 70.9. The van der Waals surface area contributed by atoms with E-state index in [2.05, 4.69) is 5.32 Å². The Morgan fingerprint density at radius 1 is 1.05 bits per heavy atom. The van der Waals surface area contributed by atoms with Gasteiger partial charge in [0.1, 0.15) is 0 Å². The fraction of sp³-hybridized carbons (Fsp3) is 0.130. The zero-order valence-corrected chi connectivity index (χ0v) is 20.7. The van der Waals surface area contributed by atoms with Crippen LogP contribution >= 0.6 is 11.6 Å². The van der Waals surface area contributed by atoms with Crippen molar-refractivity contribution in [3.05, 3.63) is 93.0 Å². The van der Waals surface area contributed by atoms with E-state index in [9.17, 15) is 41.3 Å². The van der Waals surface area contributed by atoms with E-state index in [0.29, 0.717) is 6.07 Å². The number of carbonyl (C=O) groups is 2. The molecule has 200 valence electrons. The Morgan fingerprint density at radius 3 is 2.32 bits per heavy atom. The number of halogens is 4. The van der Waals surface area contributed by atoms with E-state index in [-0.39, 0.29) is 32.5 Å². The number of carbonyl (C=O) groups excluding carboxylic acids is 2. The molecule has 15 heteroatoms. The molecule has 0 aromatic heterocycles. The minimum absolute atomic E-state index is 0.0121. The number of amides is 1. The summed E-state index contributed by atoms with van der Waals surface area (Å²) in [4.78, 5) is 34.7. The van der Waals surface area contributed by atoms with E-state index in [0.717, 1.165) is 54.6 Å². The van der Waals surface area contributed by atoms with Crippen LogP contribution in [0.2, 0.25) is 5.02 Å². The van der Waals surface area contributed by atoms with Crippen molar-refractivity contribution in [2.45, 2.75) is 24.1 Å². The summed E-state index contributed by atoms with van der Waals surface area (Å²) in [5.74, 6) is -1.84. The van der Waals surface area contributed by atoms with E-state index in [1.54, 1.807) is 0 Å². The summed E-state index contributed by atoms with van der Waals surface area (Å²) in [5.41, 5.74) is -1.88. The third-order valence-corrected chi connectivity index (χ3v) is 6.64. The lowest BCUT2D eigenvalue weighted by Crippen LogP contribution is -2.30. The lowest BCUT2D eigenvalue weighted by Gasteiger charge is -2.14. The molecule has 3 aromatic rings. The molecule has 0 unspecified atom stereocenters. The molecule has 1 atom stereocenters. The molecule has 0 aliphatic rings. The van der Waals surface area contributed by atoms with E-state index >= 15 is 0 Å². The molecule has 1 amide bonds. The molecular formula is C23H17ClF3N3O7S. The smallest absolute Gasteiger partial charge is 0.416 e. The van der Waals surface area contributed by atoms with Gasteiger partial charge in [0.2, 0.25) is 0 Å². The van der Waals surface area contributed by atoms with Gasteiger partial charge in [0, 0.05) is 17.8 Å². The van der Waals surface area contributed by atoms with Gasteiger partial charge in [-0.1, -0.05) is 17.7 Å². The van der Waals surface area contributed by atoms with Crippen molar-refractivity contribution >= 4 is 50.6 Å². The highest BCUT2D eigenvalue weighted by molar-refractivity contribution is 7.92. The van der Waals surface area contributed by atoms with Crippen molar-refractivity contribution in [1.82, 2.24) is 0 Å². The van der Waals surface area contributed by atoms with Crippen LogP contribution in [0.3, 0.4) is 0 Å². The summed E-state index contributed by atoms with van der Waals surface area (Å²) >= 11 is 5.93. The molecule has 0 radical (unpaired) electrons. The number of rotatable bonds is 8. The van der Waals surface area contributed by atoms with Crippen LogP contribution in [0, 0.1) is 10.1 Å². The fourth-order valence-corrected chi connectivity index (χ4v) is 4.20. The fourth-order valence-electron chi connectivity index (χ4n) is 2.98. The van der Waals surface area contributed by atoms with Crippen molar-refractivity contribution in [2.24, 2.45) is 0 Å². The number of anilines is 2. The van der Waals surface area contributed by atoms with E-state index < -0.39 is 44.7 Å². The van der Waals surface area contributed by atoms with Gasteiger partial charge in [-0.3, -0.25) is 19.6 Å². The van der Waals surface area contributed by atoms with Gasteiger partial charge in [-0.2, -0.15) is 13.2 Å². The standard InChI is InChI=1S/C23H17ClF3N3O7S/c1-13(21(31)28-20-12-17(30(33)34)7-10-19(20)24)37-22(32)14-5-8-18(9-6-14)38(35,36)29-16-4-2-3-15(11-16)23(25,26)27/h2-13,29H,1H3,(H,28,31)/t13-/m0/s1. The van der Waals surface area contributed by atoms with Crippen molar-refractivity contribution in [3.63, 3.8) is 0 Å². The predicted molar refractivity (Wildman–Crippen MR) is 130 cm³/mol. The van der Waals surface area contributed by atoms with Gasteiger partial charge >= 0.3 is 12.1 Å². The second kappa shape index (κ2) is 11.1. The summed E-state index contributed by atoms with van der Waals surface area (Å²) in [6, 6.07) is 11.2. The van der Waals surface area contributed by atoms with Crippen LogP contribution in [0.25, 0.3) is 0 Å². The van der Waals surface area contributed by atoms with Gasteiger partial charge in [0.25, 0.3) is 21.6 Å². The van der Waals surface area contributed by atoms with Gasteiger partial charge in [0.15, 0.2) is 6.10 Å². The van der Waals surface area contributed by atoms with Crippen LogP contribution in [0.15, 0.2) is 71.6 Å². The Morgan fingerprint density at radius 2 is 1.71 bits per heavy atom. The molecule has 0 fully saturated rings. The number of esters is 1. The minimum Gasteiger partial charge on any atom is -0.449 e. The first-order valence-corrected chi connectivity index (χ1v) is 12.3. The highest BCUT2D eigenvalue weighted by Gasteiger charge is 2.31. The highest BCUT2D eigenvalue weighted by Crippen LogP contribution is 2.31. The number of nitrogens with one attached hydrogen (secondary N) is 2. The molecular weight excluding hydrogens is 555 g/mol. The molecule has 0 saturated heterocycles. The van der Waals surface area contributed by atoms with E-state index in [4.69, 9.17) is 16.3 Å². The first kappa shape index (κ1) is 28.4. The molecule has 0 aliphatic heterocycles. The highest BCUT2D eigenvalue weighted by atomic mass is 35.5. The maximum atomic E-state index is 12.9. The molecule has 0 spiro atoms. The average molecular weight is 572 g/mol. The molecule has 3 aromatic carbocycles. The molecule has 3 rings (SSSR count). The number of sulfonamides is 1. The lowest BCUT2D eigenvalue weighted by molar-refractivity contribution is -0.384. The first-order chi connectivity index (χ1) is 17.7. The Kier molecular flexibility index (Phi) is 8.27. The van der Waals surface area contributed by atoms with Gasteiger partial charge in [-0.05, 0) is 55.5 Å². The maximum Gasteiger partial charge on any atom is 0.416 e. The number of alkyl halides is 3. The van der Waals surface area contributed by atoms with Gasteiger partial charge in [-0.15, -0.1) is 0 Å². The van der Waals surface area contributed by atoms with E-state index in [1.165, 1.54) is 13.0 Å². The van der Waals surface area contributed by atoms with Crippen LogP contribution in [0.1, 0.15) is 22.8 Å². The molecule has 0 aliphatic carbocycles. The Bertz CT molecular complexity index is 1500. The second-order valence-corrected chi connectivity index (χ2v) is 9.76. The second-order valence-electron chi connectivity index (χ2n) is 7.67. The van der Waals surface area contributed by atoms with Crippen molar-refractivity contribution in [2.75, 3.05) is 10.0 Å². The van der Waals surface area contributed by atoms with Crippen LogP contribution < -0.4 is 10.0 Å². The zero-order valence-electron chi connectivity index (χ0n) is 19.2. The number of hydrogen-bond donors (Lipinski definition) is 2. The van der Waals surface area contributed by atoms with Crippen LogP contribution in [-0.4, -0.2) is 31.3 Å². The third-order valence-electron chi connectivity index (χ3n) is 4.91.